The second kappa shape index (κ2) is 5.76. The van der Waals surface area contributed by atoms with Crippen LogP contribution in [0.5, 0.6) is 0 Å². The number of piperazine rings is 1. The summed E-state index contributed by atoms with van der Waals surface area (Å²) in [6.07, 6.45) is 8.59. The van der Waals surface area contributed by atoms with Crippen LogP contribution in [0.2, 0.25) is 0 Å². The number of amides is 2. The second-order valence-electron chi connectivity index (χ2n) is 5.79. The Hall–Kier alpha value is -1.32. The first kappa shape index (κ1) is 14.1. The van der Waals surface area contributed by atoms with Gasteiger partial charge in [0.2, 0.25) is 11.8 Å². The van der Waals surface area contributed by atoms with Crippen molar-refractivity contribution in [1.29, 1.82) is 0 Å². The van der Waals surface area contributed by atoms with Gasteiger partial charge in [-0.15, -0.1) is 0 Å². The number of allylic oxidation sites excluding steroid dienone is 2. The fourth-order valence-corrected chi connectivity index (χ4v) is 3.18. The molecule has 106 valence electrons. The van der Waals surface area contributed by atoms with Gasteiger partial charge in [-0.05, 0) is 32.1 Å². The average Bonchev–Trinajstić information content (AvgIpc) is 2.86. The largest absolute Gasteiger partial charge is 0.352 e. The van der Waals surface area contributed by atoms with Crippen LogP contribution in [0.15, 0.2) is 12.2 Å². The molecule has 0 spiro atoms. The van der Waals surface area contributed by atoms with Gasteiger partial charge >= 0.3 is 0 Å². The summed E-state index contributed by atoms with van der Waals surface area (Å²) in [5.41, 5.74) is -0.660. The predicted octanol–water partition coefficient (Wildman–Crippen LogP) is 1.86. The molecular weight excluding hydrogens is 240 g/mol. The predicted molar refractivity (Wildman–Crippen MR) is 74.5 cm³/mol. The van der Waals surface area contributed by atoms with Crippen LogP contribution in [-0.4, -0.2) is 35.3 Å². The van der Waals surface area contributed by atoms with Gasteiger partial charge in [-0.2, -0.15) is 0 Å². The molecule has 0 aromatic rings. The Bertz CT molecular complexity index is 392. The molecule has 1 fully saturated rings. The highest BCUT2D eigenvalue weighted by Crippen LogP contribution is 2.28. The summed E-state index contributed by atoms with van der Waals surface area (Å²) in [6, 6.07) is 0. The maximum atomic E-state index is 12.5. The van der Waals surface area contributed by atoms with Crippen LogP contribution in [0.1, 0.15) is 46.0 Å². The van der Waals surface area contributed by atoms with E-state index in [-0.39, 0.29) is 11.8 Å². The highest BCUT2D eigenvalue weighted by atomic mass is 16.2. The van der Waals surface area contributed by atoms with Crippen LogP contribution < -0.4 is 5.32 Å². The van der Waals surface area contributed by atoms with Crippen molar-refractivity contribution in [2.24, 2.45) is 5.92 Å². The molecule has 1 heterocycles. The van der Waals surface area contributed by atoms with Crippen molar-refractivity contribution in [3.63, 3.8) is 0 Å². The molecule has 0 aromatic heterocycles. The Labute approximate surface area is 115 Å². The van der Waals surface area contributed by atoms with E-state index in [1.165, 1.54) is 0 Å². The number of nitrogens with zero attached hydrogens (tertiary/aromatic N) is 1. The van der Waals surface area contributed by atoms with E-state index < -0.39 is 5.54 Å². The summed E-state index contributed by atoms with van der Waals surface area (Å²) in [5, 5.41) is 2.89. The number of carbonyl (C=O) groups is 2. The zero-order chi connectivity index (χ0) is 13.9. The van der Waals surface area contributed by atoms with Gasteiger partial charge in [-0.3, -0.25) is 9.59 Å². The van der Waals surface area contributed by atoms with Crippen LogP contribution in [0.3, 0.4) is 0 Å². The van der Waals surface area contributed by atoms with Crippen molar-refractivity contribution < 1.29 is 9.59 Å². The maximum absolute atomic E-state index is 12.5. The number of hydrogen-bond acceptors (Lipinski definition) is 2. The van der Waals surface area contributed by atoms with E-state index in [0.717, 1.165) is 25.7 Å². The highest BCUT2D eigenvalue weighted by Gasteiger charge is 2.43. The number of rotatable bonds is 4. The van der Waals surface area contributed by atoms with Crippen molar-refractivity contribution in [1.82, 2.24) is 10.2 Å². The molecule has 1 aliphatic heterocycles. The first-order valence-corrected chi connectivity index (χ1v) is 7.33. The first-order chi connectivity index (χ1) is 9.08. The molecule has 1 aliphatic carbocycles. The van der Waals surface area contributed by atoms with Crippen molar-refractivity contribution in [3.8, 4) is 0 Å². The minimum Gasteiger partial charge on any atom is -0.352 e. The Morgan fingerprint density at radius 2 is 2.37 bits per heavy atom. The van der Waals surface area contributed by atoms with Crippen molar-refractivity contribution in [2.75, 3.05) is 13.1 Å². The molecule has 19 heavy (non-hydrogen) atoms. The minimum atomic E-state index is -0.660. The summed E-state index contributed by atoms with van der Waals surface area (Å²) in [6.45, 7) is 5.16. The fraction of sp³-hybridized carbons (Fsp3) is 0.733. The number of nitrogens with one attached hydrogen (secondary N) is 1. The van der Waals surface area contributed by atoms with Gasteiger partial charge in [0.15, 0.2) is 0 Å². The molecule has 2 atom stereocenters. The van der Waals surface area contributed by atoms with E-state index in [4.69, 9.17) is 0 Å². The standard InChI is InChI=1S/C15H24N2O2/c1-3-8-15(2)14(19)16-9-10-17(15)13(18)11-12-6-4-5-7-12/h4,6,12H,3,5,7-11H2,1-2H3,(H,16,19)/t12-,15+/m0/s1. The summed E-state index contributed by atoms with van der Waals surface area (Å²) < 4.78 is 0. The molecule has 0 unspecified atom stereocenters. The molecule has 2 aliphatic rings. The van der Waals surface area contributed by atoms with Gasteiger partial charge in [0.05, 0.1) is 0 Å². The lowest BCUT2D eigenvalue weighted by atomic mass is 9.89. The van der Waals surface area contributed by atoms with Gasteiger partial charge in [0.25, 0.3) is 0 Å². The van der Waals surface area contributed by atoms with Crippen LogP contribution >= 0.6 is 0 Å². The topological polar surface area (TPSA) is 49.4 Å². The lowest BCUT2D eigenvalue weighted by Gasteiger charge is -2.44. The first-order valence-electron chi connectivity index (χ1n) is 7.33. The van der Waals surface area contributed by atoms with E-state index in [0.29, 0.717) is 25.4 Å². The molecule has 4 heteroatoms. The molecule has 1 N–H and O–H groups in total. The Morgan fingerprint density at radius 3 is 3.00 bits per heavy atom. The lowest BCUT2D eigenvalue weighted by molar-refractivity contribution is -0.151. The Balaban J connectivity index is 2.08. The van der Waals surface area contributed by atoms with Crippen LogP contribution in [0, 0.1) is 5.92 Å². The fourth-order valence-electron chi connectivity index (χ4n) is 3.18. The second-order valence-corrected chi connectivity index (χ2v) is 5.79. The maximum Gasteiger partial charge on any atom is 0.245 e. The molecule has 2 rings (SSSR count). The minimum absolute atomic E-state index is 0.00378. The van der Waals surface area contributed by atoms with E-state index in [1.54, 1.807) is 0 Å². The van der Waals surface area contributed by atoms with Crippen molar-refractivity contribution >= 4 is 11.8 Å². The molecule has 0 bridgehead atoms. The van der Waals surface area contributed by atoms with Gasteiger partial charge in [-0.1, -0.05) is 25.5 Å². The Kier molecular flexibility index (Phi) is 4.27. The number of carbonyl (C=O) groups excluding carboxylic acids is 2. The summed E-state index contributed by atoms with van der Waals surface area (Å²) in [4.78, 5) is 26.4. The Morgan fingerprint density at radius 1 is 1.58 bits per heavy atom. The van der Waals surface area contributed by atoms with E-state index in [2.05, 4.69) is 24.4 Å². The molecule has 4 nitrogen and oxygen atoms in total. The van der Waals surface area contributed by atoms with Gasteiger partial charge < -0.3 is 10.2 Å². The molecule has 0 aromatic carbocycles. The van der Waals surface area contributed by atoms with Crippen molar-refractivity contribution in [2.45, 2.75) is 51.5 Å². The van der Waals surface area contributed by atoms with Crippen molar-refractivity contribution in [3.05, 3.63) is 12.2 Å². The third kappa shape index (κ3) is 2.82. The summed E-state index contributed by atoms with van der Waals surface area (Å²) in [5.74, 6) is 0.488. The monoisotopic (exact) mass is 264 g/mol. The quantitative estimate of drug-likeness (QED) is 0.788. The van der Waals surface area contributed by atoms with E-state index >= 15 is 0 Å². The zero-order valence-electron chi connectivity index (χ0n) is 11.9. The highest BCUT2D eigenvalue weighted by molar-refractivity contribution is 5.92. The SMILES string of the molecule is CCC[C@]1(C)C(=O)NCCN1C(=O)C[C@H]1C=CCC1. The molecule has 0 saturated carbocycles. The smallest absolute Gasteiger partial charge is 0.245 e. The summed E-state index contributed by atoms with van der Waals surface area (Å²) >= 11 is 0. The summed E-state index contributed by atoms with van der Waals surface area (Å²) in [7, 11) is 0. The van der Waals surface area contributed by atoms with Crippen LogP contribution in [0.4, 0.5) is 0 Å². The normalized spacial score (nSPS) is 30.5. The lowest BCUT2D eigenvalue weighted by Crippen LogP contribution is -2.65. The molecule has 2 amide bonds. The zero-order valence-corrected chi connectivity index (χ0v) is 11.9. The van der Waals surface area contributed by atoms with E-state index in [1.807, 2.05) is 11.8 Å². The van der Waals surface area contributed by atoms with Gasteiger partial charge in [0, 0.05) is 19.5 Å². The van der Waals surface area contributed by atoms with E-state index in [9.17, 15) is 9.59 Å². The average molecular weight is 264 g/mol. The van der Waals surface area contributed by atoms with Gasteiger partial charge in [-0.25, -0.2) is 0 Å². The van der Waals surface area contributed by atoms with Gasteiger partial charge in [0.1, 0.15) is 5.54 Å². The molecule has 0 radical (unpaired) electrons. The number of hydrogen-bond donors (Lipinski definition) is 1. The molecule has 1 saturated heterocycles. The van der Waals surface area contributed by atoms with Crippen LogP contribution in [0.25, 0.3) is 0 Å². The molecular formula is C15H24N2O2. The third-order valence-electron chi connectivity index (χ3n) is 4.29. The van der Waals surface area contributed by atoms with Crippen LogP contribution in [-0.2, 0) is 9.59 Å². The third-order valence-corrected chi connectivity index (χ3v) is 4.29.